The molecule has 24 heavy (non-hydrogen) atoms. The lowest BCUT2D eigenvalue weighted by Crippen LogP contribution is -2.45. The van der Waals surface area contributed by atoms with E-state index < -0.39 is 0 Å². The normalized spacial score (nSPS) is 18.7. The van der Waals surface area contributed by atoms with Crippen LogP contribution in [0.15, 0.2) is 22.7 Å². The van der Waals surface area contributed by atoms with Crippen LogP contribution in [0.4, 0.5) is 0 Å². The third-order valence-corrected chi connectivity index (χ3v) is 5.44. The summed E-state index contributed by atoms with van der Waals surface area (Å²) in [5, 5.41) is 12.4. The number of amides is 1. The fourth-order valence-electron chi connectivity index (χ4n) is 3.07. The van der Waals surface area contributed by atoms with Crippen LogP contribution in [0.5, 0.6) is 5.75 Å². The number of hydrogen-bond acceptors (Lipinski definition) is 4. The summed E-state index contributed by atoms with van der Waals surface area (Å²) < 4.78 is 6.41. The zero-order chi connectivity index (χ0) is 16.9. The standard InChI is InChI=1S/C18H25BrN2O3/c19-17-11-16(24-10-9-22)4-3-14(17)12-20-15-5-7-21(8-6-15)18(23)13-1-2-13/h3-4,11,13,15,20,22H,1-2,5-10,12H2. The Morgan fingerprint density at radius 2 is 2.04 bits per heavy atom. The van der Waals surface area contributed by atoms with Gasteiger partial charge in [-0.15, -0.1) is 0 Å². The van der Waals surface area contributed by atoms with Crippen LogP contribution in [0.3, 0.4) is 0 Å². The molecular formula is C18H25BrN2O3. The van der Waals surface area contributed by atoms with E-state index in [0.717, 1.165) is 55.5 Å². The van der Waals surface area contributed by atoms with Crippen LogP contribution in [-0.4, -0.2) is 48.3 Å². The number of hydrogen-bond donors (Lipinski definition) is 2. The Bertz CT molecular complexity index is 569. The van der Waals surface area contributed by atoms with Crippen LogP contribution in [0.1, 0.15) is 31.2 Å². The van der Waals surface area contributed by atoms with Gasteiger partial charge in [-0.25, -0.2) is 0 Å². The number of nitrogens with zero attached hydrogens (tertiary/aromatic N) is 1. The molecule has 2 aliphatic rings. The van der Waals surface area contributed by atoms with E-state index in [1.165, 1.54) is 5.56 Å². The number of aliphatic hydroxyl groups excluding tert-OH is 1. The van der Waals surface area contributed by atoms with Crippen LogP contribution >= 0.6 is 15.9 Å². The van der Waals surface area contributed by atoms with Crippen LogP contribution in [-0.2, 0) is 11.3 Å². The van der Waals surface area contributed by atoms with Gasteiger partial charge in [-0.05, 0) is 43.4 Å². The lowest BCUT2D eigenvalue weighted by molar-refractivity contribution is -0.133. The summed E-state index contributed by atoms with van der Waals surface area (Å²) in [7, 11) is 0. The summed E-state index contributed by atoms with van der Waals surface area (Å²) in [4.78, 5) is 14.1. The van der Waals surface area contributed by atoms with Gasteiger partial charge in [0.25, 0.3) is 0 Å². The van der Waals surface area contributed by atoms with E-state index in [9.17, 15) is 4.79 Å². The zero-order valence-electron chi connectivity index (χ0n) is 13.8. The Hall–Kier alpha value is -1.11. The second kappa shape index (κ2) is 8.32. The average Bonchev–Trinajstić information content (AvgIpc) is 3.44. The first-order chi connectivity index (χ1) is 11.7. The number of ether oxygens (including phenoxy) is 1. The van der Waals surface area contributed by atoms with E-state index in [-0.39, 0.29) is 6.61 Å². The second-order valence-electron chi connectivity index (χ2n) is 6.58. The van der Waals surface area contributed by atoms with Crippen molar-refractivity contribution in [1.29, 1.82) is 0 Å². The highest BCUT2D eigenvalue weighted by molar-refractivity contribution is 9.10. The molecule has 6 heteroatoms. The number of aliphatic hydroxyl groups is 1. The van der Waals surface area contributed by atoms with Gasteiger partial charge in [0.1, 0.15) is 12.4 Å². The molecule has 1 aromatic rings. The van der Waals surface area contributed by atoms with Gasteiger partial charge in [-0.1, -0.05) is 22.0 Å². The molecule has 0 radical (unpaired) electrons. The van der Waals surface area contributed by atoms with Crippen LogP contribution in [0.25, 0.3) is 0 Å². The summed E-state index contributed by atoms with van der Waals surface area (Å²) in [6.07, 6.45) is 4.22. The first kappa shape index (κ1) is 17.7. The number of benzene rings is 1. The Morgan fingerprint density at radius 1 is 1.29 bits per heavy atom. The fraction of sp³-hybridized carbons (Fsp3) is 0.611. The van der Waals surface area contributed by atoms with E-state index in [4.69, 9.17) is 9.84 Å². The van der Waals surface area contributed by atoms with E-state index in [1.54, 1.807) is 0 Å². The van der Waals surface area contributed by atoms with E-state index in [0.29, 0.717) is 24.5 Å². The molecule has 1 aliphatic carbocycles. The van der Waals surface area contributed by atoms with Crippen LogP contribution in [0.2, 0.25) is 0 Å². The minimum atomic E-state index is 0.0167. The van der Waals surface area contributed by atoms with Crippen molar-refractivity contribution in [3.05, 3.63) is 28.2 Å². The molecule has 1 saturated carbocycles. The molecular weight excluding hydrogens is 372 g/mol. The lowest BCUT2D eigenvalue weighted by atomic mass is 10.0. The van der Waals surface area contributed by atoms with Gasteiger partial charge in [-0.2, -0.15) is 0 Å². The number of rotatable bonds is 7. The number of halogens is 1. The maximum Gasteiger partial charge on any atom is 0.225 e. The molecule has 132 valence electrons. The molecule has 0 spiro atoms. The molecule has 2 fully saturated rings. The Kier molecular flexibility index (Phi) is 6.14. The molecule has 1 amide bonds. The third-order valence-electron chi connectivity index (χ3n) is 4.70. The minimum absolute atomic E-state index is 0.0167. The molecule has 0 atom stereocenters. The van der Waals surface area contributed by atoms with Crippen LogP contribution < -0.4 is 10.1 Å². The number of nitrogens with one attached hydrogen (secondary N) is 1. The number of likely N-dealkylation sites (tertiary alicyclic amines) is 1. The molecule has 0 bridgehead atoms. The van der Waals surface area contributed by atoms with E-state index in [1.807, 2.05) is 23.1 Å². The summed E-state index contributed by atoms with van der Waals surface area (Å²) in [6.45, 7) is 2.87. The molecule has 1 heterocycles. The van der Waals surface area contributed by atoms with Crippen molar-refractivity contribution in [2.75, 3.05) is 26.3 Å². The number of piperidine rings is 1. The predicted molar refractivity (Wildman–Crippen MR) is 95.9 cm³/mol. The SMILES string of the molecule is O=C(C1CC1)N1CCC(NCc2ccc(OCCO)cc2Br)CC1. The van der Waals surface area contributed by atoms with Gasteiger partial charge in [0.2, 0.25) is 5.91 Å². The Morgan fingerprint density at radius 3 is 2.67 bits per heavy atom. The smallest absolute Gasteiger partial charge is 0.225 e. The molecule has 0 unspecified atom stereocenters. The summed E-state index contributed by atoms with van der Waals surface area (Å²) >= 11 is 3.58. The predicted octanol–water partition coefficient (Wildman–Crippen LogP) is 2.31. The van der Waals surface area contributed by atoms with Crippen molar-refractivity contribution in [2.45, 2.75) is 38.3 Å². The quantitative estimate of drug-likeness (QED) is 0.742. The van der Waals surface area contributed by atoms with Gasteiger partial charge in [-0.3, -0.25) is 4.79 Å². The summed E-state index contributed by atoms with van der Waals surface area (Å²) in [6, 6.07) is 6.36. The summed E-state index contributed by atoms with van der Waals surface area (Å²) in [5.74, 6) is 1.46. The monoisotopic (exact) mass is 396 g/mol. The molecule has 1 aromatic carbocycles. The van der Waals surface area contributed by atoms with E-state index >= 15 is 0 Å². The highest BCUT2D eigenvalue weighted by Gasteiger charge is 2.34. The molecule has 0 aromatic heterocycles. The molecule has 1 aliphatic heterocycles. The highest BCUT2D eigenvalue weighted by Crippen LogP contribution is 2.32. The highest BCUT2D eigenvalue weighted by atomic mass is 79.9. The van der Waals surface area contributed by atoms with Crippen molar-refractivity contribution >= 4 is 21.8 Å². The van der Waals surface area contributed by atoms with Crippen LogP contribution in [0, 0.1) is 5.92 Å². The topological polar surface area (TPSA) is 61.8 Å². The fourth-order valence-corrected chi connectivity index (χ4v) is 3.57. The number of carbonyl (C=O) groups excluding carboxylic acids is 1. The van der Waals surface area contributed by atoms with Crippen molar-refractivity contribution in [3.63, 3.8) is 0 Å². The first-order valence-electron chi connectivity index (χ1n) is 8.71. The molecule has 2 N–H and O–H groups in total. The maximum absolute atomic E-state index is 12.1. The Balaban J connectivity index is 1.43. The van der Waals surface area contributed by atoms with E-state index in [2.05, 4.69) is 21.2 Å². The molecule has 5 nitrogen and oxygen atoms in total. The molecule has 1 saturated heterocycles. The number of carbonyl (C=O) groups is 1. The summed E-state index contributed by atoms with van der Waals surface area (Å²) in [5.41, 5.74) is 1.18. The maximum atomic E-state index is 12.1. The van der Waals surface area contributed by atoms with Gasteiger partial charge < -0.3 is 20.1 Å². The van der Waals surface area contributed by atoms with Gasteiger partial charge in [0.15, 0.2) is 0 Å². The van der Waals surface area contributed by atoms with Gasteiger partial charge in [0, 0.05) is 36.1 Å². The third kappa shape index (κ3) is 4.71. The van der Waals surface area contributed by atoms with Crippen molar-refractivity contribution in [1.82, 2.24) is 10.2 Å². The minimum Gasteiger partial charge on any atom is -0.491 e. The average molecular weight is 397 g/mol. The van der Waals surface area contributed by atoms with Gasteiger partial charge in [0.05, 0.1) is 6.61 Å². The zero-order valence-corrected chi connectivity index (χ0v) is 15.4. The van der Waals surface area contributed by atoms with Crippen molar-refractivity contribution < 1.29 is 14.6 Å². The molecule has 3 rings (SSSR count). The first-order valence-corrected chi connectivity index (χ1v) is 9.51. The second-order valence-corrected chi connectivity index (χ2v) is 7.43. The van der Waals surface area contributed by atoms with Gasteiger partial charge >= 0.3 is 0 Å². The lowest BCUT2D eigenvalue weighted by Gasteiger charge is -2.32. The Labute approximate surface area is 151 Å². The van der Waals surface area contributed by atoms with Crippen molar-refractivity contribution in [3.8, 4) is 5.75 Å². The van der Waals surface area contributed by atoms with Crippen molar-refractivity contribution in [2.24, 2.45) is 5.92 Å². The largest absolute Gasteiger partial charge is 0.491 e.